The second-order valence-corrected chi connectivity index (χ2v) is 3.70. The lowest BCUT2D eigenvalue weighted by atomic mass is 10.2. The SMILES string of the molecule is CC(C)n1cnc2cc(CF)ccc21. The number of rotatable bonds is 2. The van der Waals surface area contributed by atoms with Crippen molar-refractivity contribution in [2.24, 2.45) is 0 Å². The normalized spacial score (nSPS) is 11.4. The van der Waals surface area contributed by atoms with Gasteiger partial charge in [0, 0.05) is 6.04 Å². The van der Waals surface area contributed by atoms with Crippen LogP contribution in [0.2, 0.25) is 0 Å². The van der Waals surface area contributed by atoms with Crippen LogP contribution in [0, 0.1) is 0 Å². The van der Waals surface area contributed by atoms with Crippen molar-refractivity contribution in [3.63, 3.8) is 0 Å². The molecule has 2 aromatic rings. The molecule has 0 spiro atoms. The number of imidazole rings is 1. The van der Waals surface area contributed by atoms with E-state index in [9.17, 15) is 4.39 Å². The molecule has 2 nitrogen and oxygen atoms in total. The average Bonchev–Trinajstić information content (AvgIpc) is 2.59. The third-order valence-electron chi connectivity index (χ3n) is 2.35. The minimum Gasteiger partial charge on any atom is -0.328 e. The van der Waals surface area contributed by atoms with E-state index in [1.165, 1.54) is 0 Å². The molecule has 1 aromatic carbocycles. The molecule has 0 aliphatic rings. The van der Waals surface area contributed by atoms with Gasteiger partial charge in [0.15, 0.2) is 0 Å². The first-order valence-electron chi connectivity index (χ1n) is 4.74. The van der Waals surface area contributed by atoms with Crippen LogP contribution in [-0.4, -0.2) is 9.55 Å². The molecule has 3 heteroatoms. The van der Waals surface area contributed by atoms with E-state index in [0.29, 0.717) is 11.6 Å². The van der Waals surface area contributed by atoms with Crippen LogP contribution in [0.1, 0.15) is 25.5 Å². The van der Waals surface area contributed by atoms with Crippen LogP contribution in [0.3, 0.4) is 0 Å². The van der Waals surface area contributed by atoms with E-state index in [-0.39, 0.29) is 0 Å². The topological polar surface area (TPSA) is 17.8 Å². The molecule has 0 unspecified atom stereocenters. The fraction of sp³-hybridized carbons (Fsp3) is 0.364. The summed E-state index contributed by atoms with van der Waals surface area (Å²) in [5.41, 5.74) is 2.62. The van der Waals surface area contributed by atoms with Crippen molar-refractivity contribution >= 4 is 11.0 Å². The number of halogens is 1. The summed E-state index contributed by atoms with van der Waals surface area (Å²) in [6.45, 7) is 3.78. The molecule has 0 amide bonds. The first-order valence-corrected chi connectivity index (χ1v) is 4.74. The van der Waals surface area contributed by atoms with Crippen molar-refractivity contribution in [2.75, 3.05) is 0 Å². The molecule has 1 heterocycles. The summed E-state index contributed by atoms with van der Waals surface area (Å²) in [7, 11) is 0. The van der Waals surface area contributed by atoms with Gasteiger partial charge in [-0.3, -0.25) is 0 Å². The molecule has 74 valence electrons. The Balaban J connectivity index is 2.59. The molecule has 0 saturated carbocycles. The first-order chi connectivity index (χ1) is 6.72. The molecule has 0 aliphatic carbocycles. The quantitative estimate of drug-likeness (QED) is 0.715. The second-order valence-electron chi connectivity index (χ2n) is 3.70. The molecular formula is C11H13FN2. The van der Waals surface area contributed by atoms with Gasteiger partial charge in [0.1, 0.15) is 6.67 Å². The van der Waals surface area contributed by atoms with Gasteiger partial charge in [0.25, 0.3) is 0 Å². The number of fused-ring (bicyclic) bond motifs is 1. The highest BCUT2D eigenvalue weighted by Gasteiger charge is 2.05. The largest absolute Gasteiger partial charge is 0.328 e. The summed E-state index contributed by atoms with van der Waals surface area (Å²) in [6, 6.07) is 5.92. The molecule has 0 atom stereocenters. The smallest absolute Gasteiger partial charge is 0.115 e. The van der Waals surface area contributed by atoms with E-state index in [1.54, 1.807) is 12.4 Å². The Morgan fingerprint density at radius 2 is 2.21 bits per heavy atom. The zero-order chi connectivity index (χ0) is 10.1. The van der Waals surface area contributed by atoms with E-state index in [0.717, 1.165) is 11.0 Å². The molecule has 14 heavy (non-hydrogen) atoms. The van der Waals surface area contributed by atoms with Crippen molar-refractivity contribution in [2.45, 2.75) is 26.6 Å². The third kappa shape index (κ3) is 1.39. The summed E-state index contributed by atoms with van der Waals surface area (Å²) < 4.78 is 14.5. The molecule has 0 N–H and O–H groups in total. The first kappa shape index (κ1) is 9.19. The van der Waals surface area contributed by atoms with Crippen molar-refractivity contribution in [1.82, 2.24) is 9.55 Å². The summed E-state index contributed by atoms with van der Waals surface area (Å²) >= 11 is 0. The summed E-state index contributed by atoms with van der Waals surface area (Å²) in [5, 5.41) is 0. The minimum atomic E-state index is -0.426. The highest BCUT2D eigenvalue weighted by molar-refractivity contribution is 5.76. The molecule has 0 saturated heterocycles. The van der Waals surface area contributed by atoms with Gasteiger partial charge < -0.3 is 4.57 Å². The molecular weight excluding hydrogens is 179 g/mol. The molecule has 0 aliphatic heterocycles. The zero-order valence-corrected chi connectivity index (χ0v) is 8.37. The lowest BCUT2D eigenvalue weighted by molar-refractivity contribution is 0.485. The lowest BCUT2D eigenvalue weighted by Crippen LogP contribution is -1.97. The van der Waals surface area contributed by atoms with Crippen LogP contribution in [0.5, 0.6) is 0 Å². The number of alkyl halides is 1. The van der Waals surface area contributed by atoms with Gasteiger partial charge in [-0.1, -0.05) is 6.07 Å². The van der Waals surface area contributed by atoms with Crippen LogP contribution in [0.4, 0.5) is 4.39 Å². The average molecular weight is 192 g/mol. The lowest BCUT2D eigenvalue weighted by Gasteiger charge is -2.07. The van der Waals surface area contributed by atoms with Crippen molar-refractivity contribution < 1.29 is 4.39 Å². The van der Waals surface area contributed by atoms with Crippen molar-refractivity contribution in [3.05, 3.63) is 30.1 Å². The van der Waals surface area contributed by atoms with Gasteiger partial charge in [0.2, 0.25) is 0 Å². The van der Waals surface area contributed by atoms with E-state index in [2.05, 4.69) is 23.4 Å². The standard InChI is InChI=1S/C11H13FN2/c1-8(2)14-7-13-10-5-9(6-12)3-4-11(10)14/h3-5,7-8H,6H2,1-2H3. The molecule has 2 rings (SSSR count). The highest BCUT2D eigenvalue weighted by atomic mass is 19.1. The van der Waals surface area contributed by atoms with Crippen LogP contribution in [0.15, 0.2) is 24.5 Å². The second kappa shape index (κ2) is 3.40. The van der Waals surface area contributed by atoms with Crippen molar-refractivity contribution in [1.29, 1.82) is 0 Å². The van der Waals surface area contributed by atoms with E-state index in [1.807, 2.05) is 12.1 Å². The van der Waals surface area contributed by atoms with Gasteiger partial charge in [-0.15, -0.1) is 0 Å². The Labute approximate surface area is 82.4 Å². The Hall–Kier alpha value is -1.38. The summed E-state index contributed by atoms with van der Waals surface area (Å²) in [6.07, 6.45) is 1.80. The number of nitrogens with zero attached hydrogens (tertiary/aromatic N) is 2. The molecule has 0 bridgehead atoms. The Bertz CT molecular complexity index is 445. The Morgan fingerprint density at radius 1 is 1.43 bits per heavy atom. The maximum absolute atomic E-state index is 12.4. The predicted octanol–water partition coefficient (Wildman–Crippen LogP) is 3.09. The number of aromatic nitrogens is 2. The van der Waals surface area contributed by atoms with Crippen LogP contribution < -0.4 is 0 Å². The molecule has 0 radical (unpaired) electrons. The zero-order valence-electron chi connectivity index (χ0n) is 8.37. The summed E-state index contributed by atoms with van der Waals surface area (Å²) in [5.74, 6) is 0. The minimum absolute atomic E-state index is 0.385. The summed E-state index contributed by atoms with van der Waals surface area (Å²) in [4.78, 5) is 4.24. The van der Waals surface area contributed by atoms with E-state index < -0.39 is 6.67 Å². The Morgan fingerprint density at radius 3 is 2.86 bits per heavy atom. The maximum Gasteiger partial charge on any atom is 0.115 e. The maximum atomic E-state index is 12.4. The highest BCUT2D eigenvalue weighted by Crippen LogP contribution is 2.18. The molecule has 0 fully saturated rings. The number of benzene rings is 1. The predicted molar refractivity (Wildman–Crippen MR) is 54.9 cm³/mol. The third-order valence-corrected chi connectivity index (χ3v) is 2.35. The van der Waals surface area contributed by atoms with Gasteiger partial charge in [0.05, 0.1) is 17.4 Å². The van der Waals surface area contributed by atoms with E-state index >= 15 is 0 Å². The van der Waals surface area contributed by atoms with Crippen LogP contribution in [0.25, 0.3) is 11.0 Å². The number of hydrogen-bond acceptors (Lipinski definition) is 1. The fourth-order valence-corrected chi connectivity index (χ4v) is 1.57. The number of hydrogen-bond donors (Lipinski definition) is 0. The fourth-order valence-electron chi connectivity index (χ4n) is 1.57. The van der Waals surface area contributed by atoms with Gasteiger partial charge in [-0.05, 0) is 31.5 Å². The van der Waals surface area contributed by atoms with E-state index in [4.69, 9.17) is 0 Å². The van der Waals surface area contributed by atoms with Crippen LogP contribution in [-0.2, 0) is 6.67 Å². The monoisotopic (exact) mass is 192 g/mol. The van der Waals surface area contributed by atoms with Gasteiger partial charge >= 0.3 is 0 Å². The molecule has 1 aromatic heterocycles. The van der Waals surface area contributed by atoms with Gasteiger partial charge in [-0.25, -0.2) is 9.37 Å². The van der Waals surface area contributed by atoms with Crippen LogP contribution >= 0.6 is 0 Å². The van der Waals surface area contributed by atoms with Gasteiger partial charge in [-0.2, -0.15) is 0 Å². The van der Waals surface area contributed by atoms with Crippen molar-refractivity contribution in [3.8, 4) is 0 Å². The Kier molecular flexibility index (Phi) is 2.23.